The van der Waals surface area contributed by atoms with Gasteiger partial charge in [-0.2, -0.15) is 0 Å². The van der Waals surface area contributed by atoms with Crippen molar-refractivity contribution in [3.8, 4) is 11.3 Å². The molecule has 0 fully saturated rings. The summed E-state index contributed by atoms with van der Waals surface area (Å²) in [6.07, 6.45) is 6.56. The van der Waals surface area contributed by atoms with E-state index in [4.69, 9.17) is 10.5 Å². The summed E-state index contributed by atoms with van der Waals surface area (Å²) < 4.78 is 24.9. The number of hydrogen-bond donors (Lipinski definition) is 1. The quantitative estimate of drug-likeness (QED) is 0.510. The molecule has 3 aromatic rings. The highest BCUT2D eigenvalue weighted by Crippen LogP contribution is 2.32. The number of nitrogen functional groups attached to an aromatic ring is 1. The van der Waals surface area contributed by atoms with Crippen LogP contribution in [0.2, 0.25) is 0 Å². The van der Waals surface area contributed by atoms with E-state index in [1.54, 1.807) is 12.3 Å². The molecule has 0 saturated carbocycles. The van der Waals surface area contributed by atoms with Crippen molar-refractivity contribution in [3.63, 3.8) is 0 Å². The third-order valence-corrected chi connectivity index (χ3v) is 5.76. The van der Waals surface area contributed by atoms with Crippen LogP contribution in [0.15, 0.2) is 60.8 Å². The number of anilines is 1. The fourth-order valence-corrected chi connectivity index (χ4v) is 3.89. The van der Waals surface area contributed by atoms with E-state index in [0.717, 1.165) is 30.5 Å². The molecular formula is C26H26FN3O3. The Morgan fingerprint density at radius 2 is 2.03 bits per heavy atom. The fourth-order valence-electron chi connectivity index (χ4n) is 3.89. The molecule has 1 aliphatic rings. The molecule has 1 aromatic heterocycles. The summed E-state index contributed by atoms with van der Waals surface area (Å²) in [7, 11) is 1.21. The number of benzene rings is 2. The van der Waals surface area contributed by atoms with Gasteiger partial charge in [0.1, 0.15) is 17.3 Å². The molecule has 2 aromatic carbocycles. The summed E-state index contributed by atoms with van der Waals surface area (Å²) >= 11 is 0. The van der Waals surface area contributed by atoms with Gasteiger partial charge in [0.05, 0.1) is 37.8 Å². The number of hydrogen-bond acceptors (Lipinski definition) is 6. The van der Waals surface area contributed by atoms with Crippen LogP contribution in [0.3, 0.4) is 0 Å². The van der Waals surface area contributed by atoms with E-state index in [2.05, 4.69) is 32.9 Å². The molecule has 1 aliphatic carbocycles. The number of carbonyl (C=O) groups excluding carboxylic acids is 1. The summed E-state index contributed by atoms with van der Waals surface area (Å²) in [6.45, 7) is 1.33. The number of esters is 1. The Morgan fingerprint density at radius 1 is 1.21 bits per heavy atom. The second-order valence-corrected chi connectivity index (χ2v) is 8.05. The highest BCUT2D eigenvalue weighted by molar-refractivity contribution is 5.90. The number of methoxy groups -OCH3 is 1. The maximum Gasteiger partial charge on any atom is 0.340 e. The maximum absolute atomic E-state index is 14.4. The number of ether oxygens (including phenoxy) is 2. The first kappa shape index (κ1) is 22.6. The lowest BCUT2D eigenvalue weighted by Crippen LogP contribution is -2.13. The van der Waals surface area contributed by atoms with Gasteiger partial charge in [0.25, 0.3) is 0 Å². The molecule has 1 atom stereocenters. The highest BCUT2D eigenvalue weighted by atomic mass is 19.1. The van der Waals surface area contributed by atoms with Gasteiger partial charge in [-0.25, -0.2) is 19.2 Å². The van der Waals surface area contributed by atoms with Gasteiger partial charge in [0, 0.05) is 5.56 Å². The van der Waals surface area contributed by atoms with Gasteiger partial charge in [0.2, 0.25) is 0 Å². The Balaban J connectivity index is 1.43. The zero-order valence-electron chi connectivity index (χ0n) is 18.5. The molecule has 2 N–H and O–H groups in total. The first-order chi connectivity index (χ1) is 16.0. The number of allylic oxidation sites excluding steroid dienone is 2. The molecule has 0 saturated heterocycles. The minimum atomic E-state index is -0.735. The van der Waals surface area contributed by atoms with Crippen LogP contribution < -0.4 is 5.73 Å². The molecule has 0 spiro atoms. The van der Waals surface area contributed by atoms with Crippen molar-refractivity contribution in [2.24, 2.45) is 5.92 Å². The van der Waals surface area contributed by atoms with E-state index in [-0.39, 0.29) is 11.4 Å². The molecular weight excluding hydrogens is 421 g/mol. The third-order valence-electron chi connectivity index (χ3n) is 5.76. The van der Waals surface area contributed by atoms with Gasteiger partial charge < -0.3 is 15.2 Å². The average molecular weight is 448 g/mol. The van der Waals surface area contributed by atoms with E-state index in [1.807, 2.05) is 18.2 Å². The molecule has 0 aliphatic heterocycles. The molecule has 1 heterocycles. The van der Waals surface area contributed by atoms with Gasteiger partial charge in [-0.1, -0.05) is 42.5 Å². The summed E-state index contributed by atoms with van der Waals surface area (Å²) in [6, 6.07) is 14.3. The number of aromatic nitrogens is 2. The van der Waals surface area contributed by atoms with Gasteiger partial charge in [0.15, 0.2) is 0 Å². The monoisotopic (exact) mass is 447 g/mol. The fraction of sp³-hybridized carbons (Fsp3) is 0.269. The topological polar surface area (TPSA) is 87.3 Å². The van der Waals surface area contributed by atoms with E-state index >= 15 is 0 Å². The van der Waals surface area contributed by atoms with Crippen LogP contribution in [0.1, 0.15) is 40.9 Å². The van der Waals surface area contributed by atoms with Crippen molar-refractivity contribution >= 4 is 17.4 Å². The number of nitrogens with two attached hydrogens (primary N) is 1. The SMILES string of the molecule is COC(=O)c1ccc(-c2nc(C3=CCC(COCc4ccccc4)CC3)cnc2N)cc1F. The zero-order chi connectivity index (χ0) is 23.2. The van der Waals surface area contributed by atoms with Crippen LogP contribution in [0, 0.1) is 11.7 Å². The Kier molecular flexibility index (Phi) is 7.10. The van der Waals surface area contributed by atoms with Crippen molar-refractivity contribution in [1.82, 2.24) is 9.97 Å². The van der Waals surface area contributed by atoms with Crippen LogP contribution in [0.4, 0.5) is 10.2 Å². The van der Waals surface area contributed by atoms with Crippen molar-refractivity contribution in [3.05, 3.63) is 83.4 Å². The first-order valence-electron chi connectivity index (χ1n) is 10.9. The van der Waals surface area contributed by atoms with Gasteiger partial charge in [-0.15, -0.1) is 0 Å². The zero-order valence-corrected chi connectivity index (χ0v) is 18.5. The lowest BCUT2D eigenvalue weighted by atomic mass is 9.89. The van der Waals surface area contributed by atoms with Crippen LogP contribution in [0.5, 0.6) is 0 Å². The van der Waals surface area contributed by atoms with Gasteiger partial charge >= 0.3 is 5.97 Å². The van der Waals surface area contributed by atoms with Crippen molar-refractivity contribution in [1.29, 1.82) is 0 Å². The highest BCUT2D eigenvalue weighted by Gasteiger charge is 2.19. The Labute approximate surface area is 192 Å². The summed E-state index contributed by atoms with van der Waals surface area (Å²) in [5.41, 5.74) is 9.71. The second kappa shape index (κ2) is 10.4. The number of rotatable bonds is 7. The number of carbonyl (C=O) groups is 1. The molecule has 6 nitrogen and oxygen atoms in total. The van der Waals surface area contributed by atoms with Crippen molar-refractivity contribution < 1.29 is 18.7 Å². The predicted molar refractivity (Wildman–Crippen MR) is 125 cm³/mol. The largest absolute Gasteiger partial charge is 0.465 e. The lowest BCUT2D eigenvalue weighted by Gasteiger charge is -2.22. The van der Waals surface area contributed by atoms with Crippen molar-refractivity contribution in [2.75, 3.05) is 19.5 Å². The van der Waals surface area contributed by atoms with Crippen molar-refractivity contribution in [2.45, 2.75) is 25.9 Å². The Morgan fingerprint density at radius 3 is 2.73 bits per heavy atom. The number of nitrogens with zero attached hydrogens (tertiary/aromatic N) is 2. The van der Waals surface area contributed by atoms with E-state index in [1.165, 1.54) is 24.8 Å². The minimum Gasteiger partial charge on any atom is -0.465 e. The summed E-state index contributed by atoms with van der Waals surface area (Å²) in [5, 5.41) is 0. The molecule has 4 rings (SSSR count). The average Bonchev–Trinajstić information content (AvgIpc) is 2.85. The molecule has 0 radical (unpaired) electrons. The lowest BCUT2D eigenvalue weighted by molar-refractivity contribution is 0.0595. The first-order valence-corrected chi connectivity index (χ1v) is 10.9. The van der Waals surface area contributed by atoms with Crippen LogP contribution in [0.25, 0.3) is 16.8 Å². The normalized spacial score (nSPS) is 15.7. The van der Waals surface area contributed by atoms with Crippen LogP contribution in [-0.4, -0.2) is 29.7 Å². The molecule has 1 unspecified atom stereocenters. The Hall–Kier alpha value is -3.58. The smallest absolute Gasteiger partial charge is 0.340 e. The minimum absolute atomic E-state index is 0.139. The second-order valence-electron chi connectivity index (χ2n) is 8.05. The summed E-state index contributed by atoms with van der Waals surface area (Å²) in [4.78, 5) is 20.6. The predicted octanol–water partition coefficient (Wildman–Crippen LogP) is 5.05. The van der Waals surface area contributed by atoms with Gasteiger partial charge in [-0.05, 0) is 48.4 Å². The molecule has 7 heteroatoms. The van der Waals surface area contributed by atoms with E-state index < -0.39 is 11.8 Å². The standard InChI is InChI=1S/C26H26FN3O3/c1-32-26(31)21-12-11-20(13-22(21)27)24-25(28)29-14-23(30-24)19-9-7-18(8-10-19)16-33-15-17-5-3-2-4-6-17/h2-6,9,11-14,18H,7-8,10,15-16H2,1H3,(H2,28,29). The molecule has 33 heavy (non-hydrogen) atoms. The van der Waals surface area contributed by atoms with Crippen LogP contribution in [-0.2, 0) is 16.1 Å². The van der Waals surface area contributed by atoms with E-state index in [9.17, 15) is 9.18 Å². The van der Waals surface area contributed by atoms with Crippen LogP contribution >= 0.6 is 0 Å². The molecule has 0 amide bonds. The maximum atomic E-state index is 14.4. The number of halogens is 1. The van der Waals surface area contributed by atoms with E-state index in [0.29, 0.717) is 30.4 Å². The molecule has 170 valence electrons. The van der Waals surface area contributed by atoms with Gasteiger partial charge in [-0.3, -0.25) is 0 Å². The summed E-state index contributed by atoms with van der Waals surface area (Å²) in [5.74, 6) is -0.770. The third kappa shape index (κ3) is 5.43. The Bertz CT molecular complexity index is 1160. The molecule has 0 bridgehead atoms.